The van der Waals surface area contributed by atoms with Gasteiger partial charge in [-0.2, -0.15) is 0 Å². The monoisotopic (exact) mass is 248 g/mol. The van der Waals surface area contributed by atoms with Gasteiger partial charge < -0.3 is 10.0 Å². The molecule has 1 aromatic carbocycles. The maximum Gasteiger partial charge on any atom is 0.488 e. The first-order chi connectivity index (χ1) is 8.58. The molecule has 2 rings (SSSR count). The summed E-state index contributed by atoms with van der Waals surface area (Å²) < 4.78 is 14.3. The molecule has 18 heavy (non-hydrogen) atoms. The smallest absolute Gasteiger partial charge is 0.423 e. The van der Waals surface area contributed by atoms with Crippen LogP contribution in [-0.4, -0.2) is 26.7 Å². The Morgan fingerprint density at radius 3 is 2.83 bits per heavy atom. The summed E-state index contributed by atoms with van der Waals surface area (Å²) in [5.41, 5.74) is 0.0208. The van der Waals surface area contributed by atoms with E-state index in [9.17, 15) is 9.18 Å². The Hall–Kier alpha value is -1.99. The van der Waals surface area contributed by atoms with E-state index in [1.807, 2.05) is 0 Å². The summed E-state index contributed by atoms with van der Waals surface area (Å²) in [6.45, 7) is 0.0971. The summed E-state index contributed by atoms with van der Waals surface area (Å²) in [4.78, 5) is 15.0. The average Bonchev–Trinajstić information content (AvgIpc) is 2.34. The second-order valence-electron chi connectivity index (χ2n) is 3.75. The van der Waals surface area contributed by atoms with Crippen molar-refractivity contribution in [3.8, 4) is 0 Å². The lowest BCUT2D eigenvalue weighted by Gasteiger charge is -2.10. The fourth-order valence-electron chi connectivity index (χ4n) is 1.64. The molecule has 5 nitrogen and oxygen atoms in total. The molecule has 0 atom stereocenters. The van der Waals surface area contributed by atoms with E-state index in [2.05, 4.69) is 4.98 Å². The van der Waals surface area contributed by atoms with Crippen molar-refractivity contribution in [2.24, 2.45) is 0 Å². The van der Waals surface area contributed by atoms with Gasteiger partial charge in [0.1, 0.15) is 5.82 Å². The van der Waals surface area contributed by atoms with E-state index < -0.39 is 18.6 Å². The van der Waals surface area contributed by atoms with Gasteiger partial charge in [-0.25, -0.2) is 14.2 Å². The largest absolute Gasteiger partial charge is 0.488 e. The average molecular weight is 248 g/mol. The van der Waals surface area contributed by atoms with Gasteiger partial charge in [0.05, 0.1) is 6.54 Å². The molecule has 7 heteroatoms. The molecule has 0 aliphatic heterocycles. The highest BCUT2D eigenvalue weighted by Gasteiger charge is 2.17. The van der Waals surface area contributed by atoms with Crippen LogP contribution in [0.5, 0.6) is 0 Å². The van der Waals surface area contributed by atoms with Gasteiger partial charge in [0.15, 0.2) is 0 Å². The van der Waals surface area contributed by atoms with E-state index in [-0.39, 0.29) is 12.0 Å². The standard InChI is InChI=1S/C11H10BFN2O3/c13-9-3-2-8(10(6-9)12(17)18)7-15-5-1-4-14-11(15)16/h1-6,17-18H,7H2. The number of benzene rings is 1. The number of aromatic nitrogens is 2. The van der Waals surface area contributed by atoms with Crippen LogP contribution < -0.4 is 11.2 Å². The molecule has 0 radical (unpaired) electrons. The van der Waals surface area contributed by atoms with E-state index in [1.54, 1.807) is 6.07 Å². The Bertz CT molecular complexity index is 615. The molecule has 0 unspecified atom stereocenters. The molecular weight excluding hydrogens is 238 g/mol. The van der Waals surface area contributed by atoms with Crippen LogP contribution in [0.1, 0.15) is 5.56 Å². The summed E-state index contributed by atoms with van der Waals surface area (Å²) in [7, 11) is -1.79. The van der Waals surface area contributed by atoms with Crippen molar-refractivity contribution in [1.82, 2.24) is 9.55 Å². The third-order valence-electron chi connectivity index (χ3n) is 2.51. The third kappa shape index (κ3) is 2.64. The van der Waals surface area contributed by atoms with Gasteiger partial charge in [-0.15, -0.1) is 0 Å². The molecular formula is C11H10BFN2O3. The predicted octanol–water partition coefficient (Wildman–Crippen LogP) is -0.889. The Kier molecular flexibility index (Phi) is 3.54. The number of hydrogen-bond acceptors (Lipinski definition) is 4. The van der Waals surface area contributed by atoms with Crippen molar-refractivity contribution in [2.75, 3.05) is 0 Å². The lowest BCUT2D eigenvalue weighted by molar-refractivity contribution is 0.424. The molecule has 0 aliphatic rings. The molecule has 0 saturated heterocycles. The summed E-state index contributed by atoms with van der Waals surface area (Å²) in [5.74, 6) is -0.569. The summed E-state index contributed by atoms with van der Waals surface area (Å²) in [5, 5.41) is 18.3. The highest BCUT2D eigenvalue weighted by molar-refractivity contribution is 6.59. The highest BCUT2D eigenvalue weighted by atomic mass is 19.1. The van der Waals surface area contributed by atoms with Crippen LogP contribution in [0.15, 0.2) is 41.5 Å². The minimum Gasteiger partial charge on any atom is -0.423 e. The lowest BCUT2D eigenvalue weighted by Crippen LogP contribution is -2.35. The first kappa shape index (κ1) is 12.5. The first-order valence-corrected chi connectivity index (χ1v) is 5.24. The fourth-order valence-corrected chi connectivity index (χ4v) is 1.64. The van der Waals surface area contributed by atoms with Crippen LogP contribution in [0.3, 0.4) is 0 Å². The maximum absolute atomic E-state index is 13.0. The quantitative estimate of drug-likeness (QED) is 0.691. The van der Waals surface area contributed by atoms with Gasteiger partial charge in [0.25, 0.3) is 0 Å². The van der Waals surface area contributed by atoms with Crippen molar-refractivity contribution in [3.05, 3.63) is 58.5 Å². The van der Waals surface area contributed by atoms with E-state index in [0.29, 0.717) is 5.56 Å². The van der Waals surface area contributed by atoms with Crippen LogP contribution >= 0.6 is 0 Å². The number of hydrogen-bond donors (Lipinski definition) is 2. The molecule has 0 spiro atoms. The van der Waals surface area contributed by atoms with Gasteiger partial charge in [-0.3, -0.25) is 4.57 Å². The minimum absolute atomic E-state index is 0.0331. The number of rotatable bonds is 3. The molecule has 2 aromatic rings. The van der Waals surface area contributed by atoms with Crippen molar-refractivity contribution in [3.63, 3.8) is 0 Å². The molecule has 0 saturated carbocycles. The Balaban J connectivity index is 2.41. The molecule has 1 heterocycles. The number of halogens is 1. The lowest BCUT2D eigenvalue weighted by atomic mass is 9.77. The third-order valence-corrected chi connectivity index (χ3v) is 2.51. The van der Waals surface area contributed by atoms with Gasteiger partial charge in [0, 0.05) is 12.4 Å². The second-order valence-corrected chi connectivity index (χ2v) is 3.75. The zero-order valence-corrected chi connectivity index (χ0v) is 9.32. The first-order valence-electron chi connectivity index (χ1n) is 5.24. The fraction of sp³-hybridized carbons (Fsp3) is 0.0909. The summed E-state index contributed by atoms with van der Waals surface area (Å²) >= 11 is 0. The van der Waals surface area contributed by atoms with Gasteiger partial charge in [-0.1, -0.05) is 6.07 Å². The molecule has 2 N–H and O–H groups in total. The van der Waals surface area contributed by atoms with E-state index >= 15 is 0 Å². The van der Waals surface area contributed by atoms with Crippen molar-refractivity contribution in [1.29, 1.82) is 0 Å². The summed E-state index contributed by atoms with van der Waals surface area (Å²) in [6.07, 6.45) is 2.89. The maximum atomic E-state index is 13.0. The van der Waals surface area contributed by atoms with Crippen molar-refractivity contribution >= 4 is 12.6 Å². The predicted molar refractivity (Wildman–Crippen MR) is 63.8 cm³/mol. The zero-order chi connectivity index (χ0) is 13.1. The highest BCUT2D eigenvalue weighted by Crippen LogP contribution is 2.03. The van der Waals surface area contributed by atoms with Crippen molar-refractivity contribution < 1.29 is 14.4 Å². The van der Waals surface area contributed by atoms with Crippen molar-refractivity contribution in [2.45, 2.75) is 6.54 Å². The van der Waals surface area contributed by atoms with Crippen LogP contribution in [-0.2, 0) is 6.54 Å². The van der Waals surface area contributed by atoms with Gasteiger partial charge >= 0.3 is 12.8 Å². The second kappa shape index (κ2) is 5.11. The SMILES string of the molecule is O=c1ncccn1Cc1ccc(F)cc1B(O)O. The van der Waals surface area contributed by atoms with E-state index in [1.165, 1.54) is 29.1 Å². The Labute approximate surface area is 102 Å². The van der Waals surface area contributed by atoms with Crippen LogP contribution in [0.25, 0.3) is 0 Å². The summed E-state index contributed by atoms with van der Waals surface area (Å²) in [6, 6.07) is 5.22. The molecule has 92 valence electrons. The van der Waals surface area contributed by atoms with Crippen LogP contribution in [0.2, 0.25) is 0 Å². The Morgan fingerprint density at radius 1 is 1.39 bits per heavy atom. The van der Waals surface area contributed by atoms with Crippen LogP contribution in [0, 0.1) is 5.82 Å². The topological polar surface area (TPSA) is 75.4 Å². The molecule has 0 fully saturated rings. The van der Waals surface area contributed by atoms with Gasteiger partial charge in [-0.05, 0) is 29.2 Å². The molecule has 1 aromatic heterocycles. The molecule has 0 amide bonds. The normalized spacial score (nSPS) is 10.4. The molecule has 0 bridgehead atoms. The van der Waals surface area contributed by atoms with E-state index in [0.717, 1.165) is 6.07 Å². The van der Waals surface area contributed by atoms with Crippen LogP contribution in [0.4, 0.5) is 4.39 Å². The van der Waals surface area contributed by atoms with E-state index in [4.69, 9.17) is 10.0 Å². The Morgan fingerprint density at radius 2 is 2.17 bits per heavy atom. The van der Waals surface area contributed by atoms with Gasteiger partial charge in [0.2, 0.25) is 0 Å². The zero-order valence-electron chi connectivity index (χ0n) is 9.32. The number of nitrogens with zero attached hydrogens (tertiary/aromatic N) is 2. The minimum atomic E-state index is -1.79. The molecule has 0 aliphatic carbocycles.